The number of nitrogens with one attached hydrogen (secondary N) is 2. The smallest absolute Gasteiger partial charge is 0.213 e. The molecule has 0 fully saturated rings. The van der Waals surface area contributed by atoms with Crippen molar-refractivity contribution in [1.29, 1.82) is 0 Å². The quantitative estimate of drug-likeness (QED) is 0.717. The standard InChI is InChI=1S/C12H12N4OS2/c1-2-4-7-9(10-14-12(18)16-15-10)19-11(13-7)8-5-3-6-17-8/h3,5-6H,2,4H2,1H3,(H2,14,15,16,18). The zero-order valence-electron chi connectivity index (χ0n) is 10.3. The molecule has 0 saturated heterocycles. The van der Waals surface area contributed by atoms with Crippen molar-refractivity contribution in [2.24, 2.45) is 0 Å². The van der Waals surface area contributed by atoms with Gasteiger partial charge >= 0.3 is 0 Å². The summed E-state index contributed by atoms with van der Waals surface area (Å²) in [5, 5.41) is 6.66. The van der Waals surface area contributed by atoms with Gasteiger partial charge in [-0.3, -0.25) is 10.2 Å². The predicted octanol–water partition coefficient (Wildman–Crippen LogP) is 3.80. The minimum Gasteiger partial charge on any atom is -0.462 e. The second-order valence-corrected chi connectivity index (χ2v) is 5.42. The molecular formula is C12H12N4OS2. The van der Waals surface area contributed by atoms with Crippen molar-refractivity contribution >= 4 is 23.6 Å². The van der Waals surface area contributed by atoms with Crippen LogP contribution in [0.3, 0.4) is 0 Å². The number of aryl methyl sites for hydroxylation is 1. The third kappa shape index (κ3) is 2.39. The maximum Gasteiger partial charge on any atom is 0.213 e. The monoisotopic (exact) mass is 292 g/mol. The van der Waals surface area contributed by atoms with Gasteiger partial charge in [-0.05, 0) is 30.8 Å². The summed E-state index contributed by atoms with van der Waals surface area (Å²) in [6.07, 6.45) is 3.58. The molecule has 0 bridgehead atoms. The molecule has 0 spiro atoms. The summed E-state index contributed by atoms with van der Waals surface area (Å²) in [5.41, 5.74) is 1.02. The van der Waals surface area contributed by atoms with Crippen molar-refractivity contribution in [2.45, 2.75) is 19.8 Å². The Balaban J connectivity index is 2.09. The fourth-order valence-corrected chi connectivity index (χ4v) is 2.99. The first-order chi connectivity index (χ1) is 9.28. The van der Waals surface area contributed by atoms with E-state index in [0.717, 1.165) is 40.0 Å². The van der Waals surface area contributed by atoms with Crippen LogP contribution in [-0.2, 0) is 6.42 Å². The zero-order chi connectivity index (χ0) is 13.2. The zero-order valence-corrected chi connectivity index (χ0v) is 11.9. The van der Waals surface area contributed by atoms with Crippen LogP contribution in [0.4, 0.5) is 0 Å². The number of H-pyrrole nitrogens is 2. The van der Waals surface area contributed by atoms with Crippen molar-refractivity contribution in [1.82, 2.24) is 20.2 Å². The van der Waals surface area contributed by atoms with Crippen LogP contribution in [-0.4, -0.2) is 20.2 Å². The molecule has 0 aliphatic heterocycles. The summed E-state index contributed by atoms with van der Waals surface area (Å²) >= 11 is 6.55. The molecule has 3 rings (SSSR count). The molecule has 3 aromatic heterocycles. The Labute approximate surface area is 118 Å². The van der Waals surface area contributed by atoms with Gasteiger partial charge < -0.3 is 4.42 Å². The first-order valence-electron chi connectivity index (χ1n) is 5.96. The first-order valence-corrected chi connectivity index (χ1v) is 7.19. The lowest BCUT2D eigenvalue weighted by atomic mass is 10.2. The predicted molar refractivity (Wildman–Crippen MR) is 76.6 cm³/mol. The largest absolute Gasteiger partial charge is 0.462 e. The van der Waals surface area contributed by atoms with Crippen LogP contribution in [0.25, 0.3) is 21.5 Å². The first kappa shape index (κ1) is 12.3. The highest BCUT2D eigenvalue weighted by Crippen LogP contribution is 2.34. The van der Waals surface area contributed by atoms with Gasteiger partial charge in [-0.2, -0.15) is 4.98 Å². The molecule has 5 nitrogen and oxygen atoms in total. The number of nitrogens with zero attached hydrogens (tertiary/aromatic N) is 2. The van der Waals surface area contributed by atoms with E-state index in [9.17, 15) is 0 Å². The third-order valence-corrected chi connectivity index (χ3v) is 3.94. The van der Waals surface area contributed by atoms with E-state index in [4.69, 9.17) is 16.6 Å². The average Bonchev–Trinajstić information content (AvgIpc) is 3.08. The summed E-state index contributed by atoms with van der Waals surface area (Å²) < 4.78 is 5.85. The maximum atomic E-state index is 5.40. The summed E-state index contributed by atoms with van der Waals surface area (Å²) in [6.45, 7) is 2.13. The molecule has 19 heavy (non-hydrogen) atoms. The van der Waals surface area contributed by atoms with Gasteiger partial charge in [0.2, 0.25) is 4.77 Å². The highest BCUT2D eigenvalue weighted by molar-refractivity contribution is 7.71. The van der Waals surface area contributed by atoms with Gasteiger partial charge in [-0.15, -0.1) is 11.3 Å². The number of hydrogen-bond donors (Lipinski definition) is 2. The molecule has 0 unspecified atom stereocenters. The molecule has 0 radical (unpaired) electrons. The van der Waals surface area contributed by atoms with Gasteiger partial charge in [-0.1, -0.05) is 13.3 Å². The van der Waals surface area contributed by atoms with Crippen molar-refractivity contribution < 1.29 is 4.42 Å². The normalized spacial score (nSPS) is 11.0. The SMILES string of the molecule is CCCc1nc(-c2ccco2)sc1-c1nc(=S)[nH][nH]1. The van der Waals surface area contributed by atoms with Crippen molar-refractivity contribution in [3.8, 4) is 21.5 Å². The summed E-state index contributed by atoms with van der Waals surface area (Å²) in [4.78, 5) is 9.92. The number of aromatic nitrogens is 4. The van der Waals surface area contributed by atoms with E-state index in [1.165, 1.54) is 0 Å². The molecule has 0 aliphatic carbocycles. The Bertz CT molecular complexity index is 723. The minimum absolute atomic E-state index is 0.449. The summed E-state index contributed by atoms with van der Waals surface area (Å²) in [7, 11) is 0. The summed E-state index contributed by atoms with van der Waals surface area (Å²) in [5.74, 6) is 1.52. The molecule has 0 saturated carbocycles. The molecule has 3 aromatic rings. The second kappa shape index (κ2) is 5.10. The van der Waals surface area contributed by atoms with Gasteiger partial charge in [-0.25, -0.2) is 4.98 Å². The molecule has 3 heterocycles. The summed E-state index contributed by atoms with van der Waals surface area (Å²) in [6, 6.07) is 3.77. The highest BCUT2D eigenvalue weighted by atomic mass is 32.1. The molecular weight excluding hydrogens is 280 g/mol. The lowest BCUT2D eigenvalue weighted by Gasteiger charge is -1.95. The van der Waals surface area contributed by atoms with Gasteiger partial charge in [0.25, 0.3) is 0 Å². The molecule has 0 atom stereocenters. The fourth-order valence-electron chi connectivity index (χ4n) is 1.83. The average molecular weight is 292 g/mol. The van der Waals surface area contributed by atoms with Crippen molar-refractivity contribution in [2.75, 3.05) is 0 Å². The molecule has 7 heteroatoms. The van der Waals surface area contributed by atoms with Crippen molar-refractivity contribution in [3.63, 3.8) is 0 Å². The fraction of sp³-hybridized carbons (Fsp3) is 0.250. The van der Waals surface area contributed by atoms with E-state index in [1.807, 2.05) is 12.1 Å². The molecule has 2 N–H and O–H groups in total. The minimum atomic E-state index is 0.449. The number of furan rings is 1. The molecule has 0 aromatic carbocycles. The van der Waals surface area contributed by atoms with Crippen LogP contribution in [0.1, 0.15) is 19.0 Å². The Kier molecular flexibility index (Phi) is 3.31. The van der Waals surface area contributed by atoms with Gasteiger partial charge in [0.15, 0.2) is 16.6 Å². The van der Waals surface area contributed by atoms with Crippen molar-refractivity contribution in [3.05, 3.63) is 28.9 Å². The highest BCUT2D eigenvalue weighted by Gasteiger charge is 2.17. The van der Waals surface area contributed by atoms with Gasteiger partial charge in [0.1, 0.15) is 0 Å². The number of aromatic amines is 2. The molecule has 98 valence electrons. The van der Waals surface area contributed by atoms with Crippen LogP contribution in [0.2, 0.25) is 0 Å². The van der Waals surface area contributed by atoms with E-state index < -0.39 is 0 Å². The van der Waals surface area contributed by atoms with E-state index in [-0.39, 0.29) is 0 Å². The van der Waals surface area contributed by atoms with Crippen LogP contribution in [0, 0.1) is 4.77 Å². The lowest BCUT2D eigenvalue weighted by molar-refractivity contribution is 0.581. The Morgan fingerprint density at radius 3 is 2.89 bits per heavy atom. The van der Waals surface area contributed by atoms with Crippen LogP contribution >= 0.6 is 23.6 Å². The molecule has 0 amide bonds. The Hall–Kier alpha value is -1.73. The topological polar surface area (TPSA) is 70.5 Å². The molecule has 0 aliphatic rings. The lowest BCUT2D eigenvalue weighted by Crippen LogP contribution is -1.88. The third-order valence-electron chi connectivity index (χ3n) is 2.63. The van der Waals surface area contributed by atoms with Crippen LogP contribution in [0.15, 0.2) is 22.8 Å². The number of rotatable bonds is 4. The van der Waals surface area contributed by atoms with E-state index >= 15 is 0 Å². The van der Waals surface area contributed by atoms with Crippen LogP contribution in [0.5, 0.6) is 0 Å². The van der Waals surface area contributed by atoms with Crippen LogP contribution < -0.4 is 0 Å². The van der Waals surface area contributed by atoms with E-state index in [1.54, 1.807) is 17.6 Å². The Morgan fingerprint density at radius 2 is 2.26 bits per heavy atom. The Morgan fingerprint density at radius 1 is 1.37 bits per heavy atom. The van der Waals surface area contributed by atoms with E-state index in [2.05, 4.69) is 27.1 Å². The van der Waals surface area contributed by atoms with Gasteiger partial charge in [0, 0.05) is 0 Å². The van der Waals surface area contributed by atoms with E-state index in [0.29, 0.717) is 4.77 Å². The number of thiazole rings is 1. The van der Waals surface area contributed by atoms with Gasteiger partial charge in [0.05, 0.1) is 16.8 Å². The number of hydrogen-bond acceptors (Lipinski definition) is 5. The second-order valence-electron chi connectivity index (χ2n) is 4.04. The maximum absolute atomic E-state index is 5.40.